The average molecular weight is 288 g/mol. The first-order valence-corrected chi connectivity index (χ1v) is 8.45. The lowest BCUT2D eigenvalue weighted by Crippen LogP contribution is -2.46. The highest BCUT2D eigenvalue weighted by molar-refractivity contribution is 7.89. The highest BCUT2D eigenvalue weighted by Gasteiger charge is 2.31. The maximum Gasteiger partial charge on any atom is 0.244 e. The van der Waals surface area contributed by atoms with E-state index in [0.29, 0.717) is 18.0 Å². The molecule has 1 atom stereocenters. The van der Waals surface area contributed by atoms with Crippen molar-refractivity contribution in [3.05, 3.63) is 15.8 Å². The van der Waals surface area contributed by atoms with Gasteiger partial charge in [0, 0.05) is 28.9 Å². The number of hydrogen-bond donors (Lipinski definition) is 1. The summed E-state index contributed by atoms with van der Waals surface area (Å²) in [6, 6.07) is 2.06. The van der Waals surface area contributed by atoms with Crippen molar-refractivity contribution in [1.29, 1.82) is 0 Å². The minimum atomic E-state index is -3.31. The van der Waals surface area contributed by atoms with E-state index in [9.17, 15) is 8.42 Å². The molecular formula is C12H20N2O2S2. The molecule has 1 saturated heterocycles. The van der Waals surface area contributed by atoms with Gasteiger partial charge in [-0.15, -0.1) is 11.3 Å². The van der Waals surface area contributed by atoms with E-state index in [4.69, 9.17) is 0 Å². The molecule has 0 unspecified atom stereocenters. The molecule has 0 bridgehead atoms. The standard InChI is InChI=1S/C12H20N2O2S2/c1-9-7-12(10(2)17-9)18(15,16)14-6-4-5-11(8-14)13-3/h7,11,13H,4-6,8H2,1-3H3/t11-/m0/s1. The molecule has 4 nitrogen and oxygen atoms in total. The SMILES string of the molecule is CN[C@H]1CCCN(S(=O)(=O)c2cc(C)sc2C)C1. The monoisotopic (exact) mass is 288 g/mol. The Morgan fingerprint density at radius 1 is 1.44 bits per heavy atom. The van der Waals surface area contributed by atoms with Crippen LogP contribution in [-0.2, 0) is 10.0 Å². The van der Waals surface area contributed by atoms with Gasteiger partial charge in [-0.1, -0.05) is 0 Å². The number of aryl methyl sites for hydroxylation is 2. The molecule has 1 aromatic rings. The lowest BCUT2D eigenvalue weighted by Gasteiger charge is -2.31. The first-order chi connectivity index (χ1) is 8.45. The second-order valence-electron chi connectivity index (χ2n) is 4.77. The third kappa shape index (κ3) is 2.61. The lowest BCUT2D eigenvalue weighted by atomic mass is 10.1. The van der Waals surface area contributed by atoms with E-state index < -0.39 is 10.0 Å². The number of hydrogen-bond acceptors (Lipinski definition) is 4. The fourth-order valence-electron chi connectivity index (χ4n) is 2.40. The number of rotatable bonds is 3. The maximum absolute atomic E-state index is 12.6. The van der Waals surface area contributed by atoms with Crippen molar-refractivity contribution in [2.45, 2.75) is 37.6 Å². The predicted octanol–water partition coefficient (Wildman–Crippen LogP) is 1.74. The van der Waals surface area contributed by atoms with Gasteiger partial charge in [-0.05, 0) is 39.8 Å². The van der Waals surface area contributed by atoms with Gasteiger partial charge in [-0.2, -0.15) is 4.31 Å². The Bertz CT molecular complexity index is 522. The third-order valence-electron chi connectivity index (χ3n) is 3.41. The molecule has 2 rings (SSSR count). The first-order valence-electron chi connectivity index (χ1n) is 6.19. The van der Waals surface area contributed by atoms with E-state index in [-0.39, 0.29) is 6.04 Å². The van der Waals surface area contributed by atoms with Crippen LogP contribution in [0.15, 0.2) is 11.0 Å². The normalized spacial score (nSPS) is 22.3. The number of sulfonamides is 1. The fraction of sp³-hybridized carbons (Fsp3) is 0.667. The van der Waals surface area contributed by atoms with Crippen molar-refractivity contribution in [3.63, 3.8) is 0 Å². The number of likely N-dealkylation sites (N-methyl/N-ethyl adjacent to an activating group) is 1. The second kappa shape index (κ2) is 5.28. The zero-order valence-electron chi connectivity index (χ0n) is 11.1. The van der Waals surface area contributed by atoms with Crippen molar-refractivity contribution in [2.75, 3.05) is 20.1 Å². The number of piperidine rings is 1. The summed E-state index contributed by atoms with van der Waals surface area (Å²) in [5.74, 6) is 0. The van der Waals surface area contributed by atoms with Crippen LogP contribution in [0.3, 0.4) is 0 Å². The Balaban J connectivity index is 2.28. The van der Waals surface area contributed by atoms with E-state index in [1.807, 2.05) is 20.9 Å². The van der Waals surface area contributed by atoms with Crippen molar-refractivity contribution >= 4 is 21.4 Å². The minimum absolute atomic E-state index is 0.272. The summed E-state index contributed by atoms with van der Waals surface area (Å²) in [4.78, 5) is 2.43. The predicted molar refractivity (Wildman–Crippen MR) is 74.6 cm³/mol. The molecule has 0 radical (unpaired) electrons. The Labute approximate surface area is 113 Å². The van der Waals surface area contributed by atoms with E-state index in [1.54, 1.807) is 21.7 Å². The summed E-state index contributed by atoms with van der Waals surface area (Å²) in [6.07, 6.45) is 1.97. The van der Waals surface area contributed by atoms with E-state index in [1.165, 1.54) is 0 Å². The van der Waals surface area contributed by atoms with Crippen LogP contribution in [0.25, 0.3) is 0 Å². The average Bonchev–Trinajstić information content (AvgIpc) is 2.69. The van der Waals surface area contributed by atoms with Crippen LogP contribution in [0.5, 0.6) is 0 Å². The molecule has 18 heavy (non-hydrogen) atoms. The zero-order chi connectivity index (χ0) is 13.3. The Morgan fingerprint density at radius 3 is 2.72 bits per heavy atom. The molecule has 102 valence electrons. The van der Waals surface area contributed by atoms with Gasteiger partial charge in [0.25, 0.3) is 0 Å². The first kappa shape index (κ1) is 14.0. The third-order valence-corrected chi connectivity index (χ3v) is 6.49. The lowest BCUT2D eigenvalue weighted by molar-refractivity contribution is 0.293. The number of nitrogens with one attached hydrogen (secondary N) is 1. The smallest absolute Gasteiger partial charge is 0.244 e. The minimum Gasteiger partial charge on any atom is -0.316 e. The topological polar surface area (TPSA) is 49.4 Å². The molecule has 1 N–H and O–H groups in total. The highest BCUT2D eigenvalue weighted by atomic mass is 32.2. The van der Waals surface area contributed by atoms with Crippen LogP contribution >= 0.6 is 11.3 Å². The summed E-state index contributed by atoms with van der Waals surface area (Å²) in [7, 11) is -1.42. The molecule has 1 aliphatic rings. The summed E-state index contributed by atoms with van der Waals surface area (Å²) < 4.78 is 26.8. The highest BCUT2D eigenvalue weighted by Crippen LogP contribution is 2.29. The van der Waals surface area contributed by atoms with Gasteiger partial charge in [-0.3, -0.25) is 0 Å². The van der Waals surface area contributed by atoms with E-state index >= 15 is 0 Å². The largest absolute Gasteiger partial charge is 0.316 e. The van der Waals surface area contributed by atoms with Crippen LogP contribution in [0.2, 0.25) is 0 Å². The molecule has 0 saturated carbocycles. The Hall–Kier alpha value is -0.430. The summed E-state index contributed by atoms with van der Waals surface area (Å²) in [5, 5.41) is 3.17. The summed E-state index contributed by atoms with van der Waals surface area (Å²) in [5.41, 5.74) is 0. The number of nitrogens with zero attached hydrogens (tertiary/aromatic N) is 1. The quantitative estimate of drug-likeness (QED) is 0.921. The molecule has 0 amide bonds. The van der Waals surface area contributed by atoms with Crippen LogP contribution in [0, 0.1) is 13.8 Å². The molecule has 2 heterocycles. The van der Waals surface area contributed by atoms with E-state index in [2.05, 4.69) is 5.32 Å². The molecule has 1 fully saturated rings. The molecule has 1 aliphatic heterocycles. The summed E-state index contributed by atoms with van der Waals surface area (Å²) in [6.45, 7) is 5.04. The van der Waals surface area contributed by atoms with Crippen LogP contribution in [0.1, 0.15) is 22.6 Å². The van der Waals surface area contributed by atoms with Gasteiger partial charge >= 0.3 is 0 Å². The number of thiophene rings is 1. The van der Waals surface area contributed by atoms with Crippen molar-refractivity contribution in [3.8, 4) is 0 Å². The molecule has 0 aliphatic carbocycles. The fourth-order valence-corrected chi connectivity index (χ4v) is 5.45. The van der Waals surface area contributed by atoms with Gasteiger partial charge in [-0.25, -0.2) is 8.42 Å². The van der Waals surface area contributed by atoms with Crippen LogP contribution in [0.4, 0.5) is 0 Å². The van der Waals surface area contributed by atoms with Gasteiger partial charge in [0.15, 0.2) is 0 Å². The molecular weight excluding hydrogens is 268 g/mol. The van der Waals surface area contributed by atoms with Crippen LogP contribution in [-0.4, -0.2) is 38.9 Å². The van der Waals surface area contributed by atoms with Gasteiger partial charge < -0.3 is 5.32 Å². The van der Waals surface area contributed by atoms with Crippen molar-refractivity contribution in [1.82, 2.24) is 9.62 Å². The molecule has 0 spiro atoms. The van der Waals surface area contributed by atoms with Gasteiger partial charge in [0.1, 0.15) is 0 Å². The second-order valence-corrected chi connectivity index (χ2v) is 8.14. The molecule has 6 heteroatoms. The maximum atomic E-state index is 12.6. The van der Waals surface area contributed by atoms with Crippen molar-refractivity contribution in [2.24, 2.45) is 0 Å². The van der Waals surface area contributed by atoms with Crippen LogP contribution < -0.4 is 5.32 Å². The molecule has 1 aromatic heterocycles. The Morgan fingerprint density at radius 2 is 2.17 bits per heavy atom. The van der Waals surface area contributed by atoms with Gasteiger partial charge in [0.05, 0.1) is 4.90 Å². The van der Waals surface area contributed by atoms with Gasteiger partial charge in [0.2, 0.25) is 10.0 Å². The molecule has 0 aromatic carbocycles. The Kier molecular flexibility index (Phi) is 4.11. The summed E-state index contributed by atoms with van der Waals surface area (Å²) >= 11 is 1.55. The van der Waals surface area contributed by atoms with E-state index in [0.717, 1.165) is 22.6 Å². The zero-order valence-corrected chi connectivity index (χ0v) is 12.7. The van der Waals surface area contributed by atoms with Crippen molar-refractivity contribution < 1.29 is 8.42 Å².